The van der Waals surface area contributed by atoms with E-state index in [-0.39, 0.29) is 18.8 Å². The van der Waals surface area contributed by atoms with Gasteiger partial charge in [0.2, 0.25) is 0 Å². The van der Waals surface area contributed by atoms with E-state index < -0.39 is 17.8 Å². The fourth-order valence-electron chi connectivity index (χ4n) is 2.16. The van der Waals surface area contributed by atoms with Gasteiger partial charge in [0.05, 0.1) is 12.2 Å². The normalized spacial score (nSPS) is 11.2. The largest absolute Gasteiger partial charge is 0.416 e. The summed E-state index contributed by atoms with van der Waals surface area (Å²) in [5.74, 6) is 0. The maximum absolute atomic E-state index is 12.7. The number of hydrogen-bond acceptors (Lipinski definition) is 2. The number of aryl methyl sites for hydroxylation is 1. The molecule has 3 N–H and O–H groups in total. The first-order chi connectivity index (χ1) is 11.3. The van der Waals surface area contributed by atoms with Crippen molar-refractivity contribution >= 4 is 11.7 Å². The summed E-state index contributed by atoms with van der Waals surface area (Å²) in [6, 6.07) is 9.57. The number of rotatable bonds is 4. The van der Waals surface area contributed by atoms with Crippen LogP contribution >= 0.6 is 0 Å². The van der Waals surface area contributed by atoms with Crippen molar-refractivity contribution in [3.8, 4) is 0 Å². The number of aliphatic hydroxyl groups excluding tert-OH is 1. The van der Waals surface area contributed by atoms with Crippen LogP contribution in [0.3, 0.4) is 0 Å². The lowest BCUT2D eigenvalue weighted by atomic mass is 10.1. The quantitative estimate of drug-likeness (QED) is 0.793. The summed E-state index contributed by atoms with van der Waals surface area (Å²) in [6.07, 6.45) is -4.47. The second-order valence-corrected chi connectivity index (χ2v) is 5.26. The molecule has 0 saturated carbocycles. The first-order valence-electron chi connectivity index (χ1n) is 7.21. The number of amides is 2. The lowest BCUT2D eigenvalue weighted by Crippen LogP contribution is -2.29. The molecule has 0 atom stereocenters. The molecule has 0 spiro atoms. The Morgan fingerprint density at radius 2 is 1.79 bits per heavy atom. The Bertz CT molecular complexity index is 730. The monoisotopic (exact) mass is 338 g/mol. The van der Waals surface area contributed by atoms with E-state index in [2.05, 4.69) is 10.6 Å². The Morgan fingerprint density at radius 1 is 1.12 bits per heavy atom. The number of urea groups is 1. The van der Waals surface area contributed by atoms with E-state index in [1.165, 1.54) is 6.07 Å². The lowest BCUT2D eigenvalue weighted by molar-refractivity contribution is -0.137. The second kappa shape index (κ2) is 7.35. The zero-order valence-corrected chi connectivity index (χ0v) is 12.9. The van der Waals surface area contributed by atoms with Crippen LogP contribution < -0.4 is 10.6 Å². The van der Waals surface area contributed by atoms with Gasteiger partial charge in [0.25, 0.3) is 0 Å². The van der Waals surface area contributed by atoms with Crippen molar-refractivity contribution in [3.05, 3.63) is 64.7 Å². The average molecular weight is 338 g/mol. The first kappa shape index (κ1) is 17.8. The number of carbonyl (C=O) groups is 1. The molecule has 0 bridgehead atoms. The Kier molecular flexibility index (Phi) is 5.46. The van der Waals surface area contributed by atoms with E-state index in [1.54, 1.807) is 31.2 Å². The van der Waals surface area contributed by atoms with Crippen molar-refractivity contribution in [2.24, 2.45) is 0 Å². The number of alkyl halides is 3. The Balaban J connectivity index is 2.05. The summed E-state index contributed by atoms with van der Waals surface area (Å²) >= 11 is 0. The van der Waals surface area contributed by atoms with Gasteiger partial charge in [0.15, 0.2) is 0 Å². The van der Waals surface area contributed by atoms with Gasteiger partial charge in [0, 0.05) is 12.2 Å². The molecule has 0 aliphatic heterocycles. The topological polar surface area (TPSA) is 61.4 Å². The fourth-order valence-corrected chi connectivity index (χ4v) is 2.16. The zero-order chi connectivity index (χ0) is 17.7. The molecule has 0 unspecified atom stereocenters. The van der Waals surface area contributed by atoms with E-state index in [4.69, 9.17) is 0 Å². The molecule has 128 valence electrons. The molecule has 0 aliphatic carbocycles. The molecule has 0 fully saturated rings. The first-order valence-corrected chi connectivity index (χ1v) is 7.21. The van der Waals surface area contributed by atoms with E-state index in [1.807, 2.05) is 0 Å². The van der Waals surface area contributed by atoms with Gasteiger partial charge in [-0.2, -0.15) is 13.2 Å². The number of benzene rings is 2. The van der Waals surface area contributed by atoms with E-state index in [9.17, 15) is 23.1 Å². The van der Waals surface area contributed by atoms with Crippen LogP contribution in [-0.2, 0) is 19.3 Å². The SMILES string of the molecule is Cc1ccc(C(F)(F)F)cc1NC(=O)NCc1ccccc1CO. The molecule has 0 aromatic heterocycles. The van der Waals surface area contributed by atoms with Crippen molar-refractivity contribution in [1.29, 1.82) is 0 Å². The van der Waals surface area contributed by atoms with Crippen molar-refractivity contribution in [3.63, 3.8) is 0 Å². The summed E-state index contributed by atoms with van der Waals surface area (Å²) in [7, 11) is 0. The Hall–Kier alpha value is -2.54. The van der Waals surface area contributed by atoms with Crippen LogP contribution in [-0.4, -0.2) is 11.1 Å². The molecular weight excluding hydrogens is 321 g/mol. The van der Waals surface area contributed by atoms with Crippen LogP contribution in [0.15, 0.2) is 42.5 Å². The summed E-state index contributed by atoms with van der Waals surface area (Å²) in [5, 5.41) is 14.2. The molecule has 2 aromatic carbocycles. The highest BCUT2D eigenvalue weighted by atomic mass is 19.4. The van der Waals surface area contributed by atoms with Gasteiger partial charge in [-0.3, -0.25) is 0 Å². The van der Waals surface area contributed by atoms with Gasteiger partial charge in [-0.25, -0.2) is 4.79 Å². The lowest BCUT2D eigenvalue weighted by Gasteiger charge is -2.14. The Labute approximate surface area is 137 Å². The minimum Gasteiger partial charge on any atom is -0.392 e. The summed E-state index contributed by atoms with van der Waals surface area (Å²) in [4.78, 5) is 11.9. The van der Waals surface area contributed by atoms with Crippen molar-refractivity contribution < 1.29 is 23.1 Å². The zero-order valence-electron chi connectivity index (χ0n) is 12.9. The molecular formula is C17H17F3N2O2. The van der Waals surface area contributed by atoms with Gasteiger partial charge in [-0.05, 0) is 35.7 Å². The maximum Gasteiger partial charge on any atom is 0.416 e. The molecule has 7 heteroatoms. The molecule has 0 heterocycles. The molecule has 0 saturated heterocycles. The van der Waals surface area contributed by atoms with Gasteiger partial charge in [-0.1, -0.05) is 30.3 Å². The number of nitrogens with one attached hydrogen (secondary N) is 2. The number of halogens is 3. The minimum atomic E-state index is -4.47. The third kappa shape index (κ3) is 4.48. The molecule has 2 rings (SSSR count). The van der Waals surface area contributed by atoms with Crippen molar-refractivity contribution in [2.45, 2.75) is 26.3 Å². The highest BCUT2D eigenvalue weighted by Crippen LogP contribution is 2.32. The third-order valence-electron chi connectivity index (χ3n) is 3.54. The maximum atomic E-state index is 12.7. The van der Waals surface area contributed by atoms with Crippen LogP contribution in [0.1, 0.15) is 22.3 Å². The molecule has 2 amide bonds. The van der Waals surface area contributed by atoms with Crippen LogP contribution in [0, 0.1) is 6.92 Å². The van der Waals surface area contributed by atoms with Crippen LogP contribution in [0.2, 0.25) is 0 Å². The van der Waals surface area contributed by atoms with Gasteiger partial charge >= 0.3 is 12.2 Å². The van der Waals surface area contributed by atoms with Gasteiger partial charge in [-0.15, -0.1) is 0 Å². The summed E-state index contributed by atoms with van der Waals surface area (Å²) in [5.41, 5.74) is 1.20. The molecule has 0 aliphatic rings. The van der Waals surface area contributed by atoms with E-state index in [0.29, 0.717) is 11.1 Å². The summed E-state index contributed by atoms with van der Waals surface area (Å²) < 4.78 is 38.2. The van der Waals surface area contributed by atoms with E-state index >= 15 is 0 Å². The smallest absolute Gasteiger partial charge is 0.392 e. The fraction of sp³-hybridized carbons (Fsp3) is 0.235. The highest BCUT2D eigenvalue weighted by Gasteiger charge is 2.30. The van der Waals surface area contributed by atoms with Crippen LogP contribution in [0.4, 0.5) is 23.7 Å². The predicted molar refractivity (Wildman–Crippen MR) is 84.4 cm³/mol. The van der Waals surface area contributed by atoms with E-state index in [0.717, 1.165) is 17.7 Å². The number of hydrogen-bond donors (Lipinski definition) is 3. The standard InChI is InChI=1S/C17H17F3N2O2/c1-11-6-7-14(17(18,19)20)8-15(11)22-16(24)21-9-12-4-2-3-5-13(12)10-23/h2-8,23H,9-10H2,1H3,(H2,21,22,24). The molecule has 0 radical (unpaired) electrons. The van der Waals surface area contributed by atoms with Gasteiger partial charge < -0.3 is 15.7 Å². The third-order valence-corrected chi connectivity index (χ3v) is 3.54. The van der Waals surface area contributed by atoms with Gasteiger partial charge in [0.1, 0.15) is 0 Å². The summed E-state index contributed by atoms with van der Waals surface area (Å²) in [6.45, 7) is 1.60. The highest BCUT2D eigenvalue weighted by molar-refractivity contribution is 5.90. The van der Waals surface area contributed by atoms with Crippen LogP contribution in [0.25, 0.3) is 0 Å². The molecule has 24 heavy (non-hydrogen) atoms. The molecule has 2 aromatic rings. The minimum absolute atomic E-state index is 0.0952. The number of anilines is 1. The second-order valence-electron chi connectivity index (χ2n) is 5.26. The van der Waals surface area contributed by atoms with Crippen molar-refractivity contribution in [2.75, 3.05) is 5.32 Å². The predicted octanol–water partition coefficient (Wildman–Crippen LogP) is 3.83. The van der Waals surface area contributed by atoms with Crippen molar-refractivity contribution in [1.82, 2.24) is 5.32 Å². The molecule has 4 nitrogen and oxygen atoms in total. The number of aliphatic hydroxyl groups is 1. The van der Waals surface area contributed by atoms with Crippen LogP contribution in [0.5, 0.6) is 0 Å². The average Bonchev–Trinajstić information content (AvgIpc) is 2.54. The number of carbonyl (C=O) groups excluding carboxylic acids is 1. The Morgan fingerprint density at radius 3 is 2.42 bits per heavy atom.